The van der Waals surface area contributed by atoms with Crippen LogP contribution in [0.2, 0.25) is 0 Å². The van der Waals surface area contributed by atoms with Crippen molar-refractivity contribution in [1.82, 2.24) is 10.2 Å². The van der Waals surface area contributed by atoms with Crippen molar-refractivity contribution in [3.8, 4) is 0 Å². The molecular weight excluding hydrogens is 246 g/mol. The van der Waals surface area contributed by atoms with Gasteiger partial charge in [0.1, 0.15) is 0 Å². The molecule has 4 heteroatoms. The molecule has 1 N–H and O–H groups in total. The van der Waals surface area contributed by atoms with E-state index in [2.05, 4.69) is 24.1 Å². The van der Waals surface area contributed by atoms with E-state index in [4.69, 9.17) is 0 Å². The Morgan fingerprint density at radius 2 is 1.79 bits per heavy atom. The highest BCUT2D eigenvalue weighted by molar-refractivity contribution is 5.22. The molecule has 0 bridgehead atoms. The fraction of sp³-hybridized carbons (Fsp3) is 0.600. The third-order valence-corrected chi connectivity index (χ3v) is 3.23. The Kier molecular flexibility index (Phi) is 6.95. The summed E-state index contributed by atoms with van der Waals surface area (Å²) >= 11 is 0. The molecule has 0 heterocycles. The molecule has 0 saturated carbocycles. The highest BCUT2D eigenvalue weighted by Crippen LogP contribution is 2.20. The normalized spacial score (nSPS) is 12.9. The van der Waals surface area contributed by atoms with E-state index < -0.39 is 11.6 Å². The van der Waals surface area contributed by atoms with Gasteiger partial charge in [0.25, 0.3) is 0 Å². The summed E-state index contributed by atoms with van der Waals surface area (Å²) in [5.41, 5.74) is 0.403. The zero-order valence-electron chi connectivity index (χ0n) is 12.0. The van der Waals surface area contributed by atoms with Crippen molar-refractivity contribution in [3.05, 3.63) is 35.4 Å². The molecule has 1 atom stereocenters. The third kappa shape index (κ3) is 4.55. The molecule has 0 aliphatic rings. The smallest absolute Gasteiger partial charge is 0.163 e. The molecule has 0 spiro atoms. The van der Waals surface area contributed by atoms with Crippen molar-refractivity contribution in [2.45, 2.75) is 32.7 Å². The lowest BCUT2D eigenvalue weighted by atomic mass is 10.1. The molecule has 0 aliphatic carbocycles. The topological polar surface area (TPSA) is 15.3 Å². The van der Waals surface area contributed by atoms with Gasteiger partial charge in [-0.25, -0.2) is 8.78 Å². The molecule has 1 aromatic rings. The van der Waals surface area contributed by atoms with E-state index in [9.17, 15) is 8.78 Å². The Bertz CT molecular complexity index is 376. The molecule has 0 aliphatic heterocycles. The minimum absolute atomic E-state index is 0.186. The van der Waals surface area contributed by atoms with Crippen molar-refractivity contribution in [1.29, 1.82) is 0 Å². The molecule has 1 rings (SSSR count). The van der Waals surface area contributed by atoms with Gasteiger partial charge >= 0.3 is 0 Å². The first-order valence-corrected chi connectivity index (χ1v) is 6.97. The first kappa shape index (κ1) is 16.1. The van der Waals surface area contributed by atoms with E-state index in [0.717, 1.165) is 32.0 Å². The van der Waals surface area contributed by atoms with E-state index in [0.29, 0.717) is 12.1 Å². The van der Waals surface area contributed by atoms with E-state index in [1.807, 2.05) is 0 Å². The maximum atomic E-state index is 13.8. The van der Waals surface area contributed by atoms with Crippen molar-refractivity contribution >= 4 is 0 Å². The second kappa shape index (κ2) is 8.23. The number of benzene rings is 1. The highest BCUT2D eigenvalue weighted by atomic mass is 19.2. The zero-order valence-corrected chi connectivity index (χ0v) is 12.0. The van der Waals surface area contributed by atoms with Gasteiger partial charge in [0.15, 0.2) is 11.6 Å². The number of hydrogen-bond acceptors (Lipinski definition) is 2. The predicted molar refractivity (Wildman–Crippen MR) is 75.2 cm³/mol. The minimum Gasteiger partial charge on any atom is -0.312 e. The first-order valence-electron chi connectivity index (χ1n) is 6.97. The fourth-order valence-electron chi connectivity index (χ4n) is 2.32. The molecule has 2 nitrogen and oxygen atoms in total. The van der Waals surface area contributed by atoms with Gasteiger partial charge in [0, 0.05) is 18.2 Å². The van der Waals surface area contributed by atoms with Gasteiger partial charge < -0.3 is 10.2 Å². The molecule has 108 valence electrons. The summed E-state index contributed by atoms with van der Waals surface area (Å²) in [5, 5.41) is 3.09. The maximum Gasteiger partial charge on any atom is 0.163 e. The van der Waals surface area contributed by atoms with Crippen LogP contribution in [0.1, 0.15) is 38.3 Å². The SMILES string of the molecule is CCCN(CCC)CC(NC)c1cccc(F)c1F. The summed E-state index contributed by atoms with van der Waals surface area (Å²) in [6, 6.07) is 4.17. The van der Waals surface area contributed by atoms with Gasteiger partial charge in [-0.2, -0.15) is 0 Å². The summed E-state index contributed by atoms with van der Waals surface area (Å²) in [6.07, 6.45) is 2.12. The van der Waals surface area contributed by atoms with Gasteiger partial charge in [-0.3, -0.25) is 0 Å². The predicted octanol–water partition coefficient (Wildman–Crippen LogP) is 3.35. The summed E-state index contributed by atoms with van der Waals surface area (Å²) in [6.45, 7) is 6.89. The number of rotatable bonds is 8. The van der Waals surface area contributed by atoms with Crippen LogP contribution in [-0.2, 0) is 0 Å². The highest BCUT2D eigenvalue weighted by Gasteiger charge is 2.19. The van der Waals surface area contributed by atoms with Gasteiger partial charge in [0.05, 0.1) is 0 Å². The maximum absolute atomic E-state index is 13.8. The van der Waals surface area contributed by atoms with Crippen LogP contribution < -0.4 is 5.32 Å². The van der Waals surface area contributed by atoms with E-state index in [1.165, 1.54) is 0 Å². The van der Waals surface area contributed by atoms with Crippen LogP contribution >= 0.6 is 0 Å². The van der Waals surface area contributed by atoms with Crippen LogP contribution in [-0.4, -0.2) is 31.6 Å². The van der Waals surface area contributed by atoms with Gasteiger partial charge in [-0.1, -0.05) is 26.0 Å². The zero-order chi connectivity index (χ0) is 14.3. The van der Waals surface area contributed by atoms with Crippen LogP contribution in [0.3, 0.4) is 0 Å². The molecule has 19 heavy (non-hydrogen) atoms. The number of likely N-dealkylation sites (N-methyl/N-ethyl adjacent to an activating group) is 1. The van der Waals surface area contributed by atoms with Crippen LogP contribution in [0.5, 0.6) is 0 Å². The molecule has 0 radical (unpaired) electrons. The van der Waals surface area contributed by atoms with Gasteiger partial charge in [0.2, 0.25) is 0 Å². The average Bonchev–Trinajstić information content (AvgIpc) is 2.40. The summed E-state index contributed by atoms with van der Waals surface area (Å²) < 4.78 is 27.1. The Hall–Kier alpha value is -1.00. The lowest BCUT2D eigenvalue weighted by Crippen LogP contribution is -2.35. The van der Waals surface area contributed by atoms with Crippen molar-refractivity contribution in [2.24, 2.45) is 0 Å². The standard InChI is InChI=1S/C15H24F2N2/c1-4-9-19(10-5-2)11-14(18-3)12-7-6-8-13(16)15(12)17/h6-8,14,18H,4-5,9-11H2,1-3H3. The van der Waals surface area contributed by atoms with Crippen LogP contribution in [0.4, 0.5) is 8.78 Å². The average molecular weight is 270 g/mol. The second-order valence-corrected chi connectivity index (χ2v) is 4.78. The second-order valence-electron chi connectivity index (χ2n) is 4.78. The Morgan fingerprint density at radius 1 is 1.16 bits per heavy atom. The Morgan fingerprint density at radius 3 is 2.32 bits per heavy atom. The molecule has 0 fully saturated rings. The minimum atomic E-state index is -0.782. The third-order valence-electron chi connectivity index (χ3n) is 3.23. The first-order chi connectivity index (χ1) is 9.13. The van der Waals surface area contributed by atoms with Crippen LogP contribution in [0.25, 0.3) is 0 Å². The van der Waals surface area contributed by atoms with Crippen LogP contribution in [0.15, 0.2) is 18.2 Å². The quantitative estimate of drug-likeness (QED) is 0.779. The number of halogens is 2. The Balaban J connectivity index is 2.84. The molecule has 0 saturated heterocycles. The van der Waals surface area contributed by atoms with Crippen LogP contribution in [0, 0.1) is 11.6 Å². The van der Waals surface area contributed by atoms with E-state index >= 15 is 0 Å². The molecular formula is C15H24F2N2. The molecule has 1 unspecified atom stereocenters. The summed E-state index contributed by atoms with van der Waals surface area (Å²) in [4.78, 5) is 2.28. The molecule has 1 aromatic carbocycles. The molecule has 0 aromatic heterocycles. The van der Waals surface area contributed by atoms with E-state index in [1.54, 1.807) is 19.2 Å². The van der Waals surface area contributed by atoms with E-state index in [-0.39, 0.29) is 6.04 Å². The van der Waals surface area contributed by atoms with Crippen molar-refractivity contribution in [2.75, 3.05) is 26.7 Å². The Labute approximate surface area is 114 Å². The molecule has 0 amide bonds. The largest absolute Gasteiger partial charge is 0.312 e. The van der Waals surface area contributed by atoms with Crippen molar-refractivity contribution in [3.63, 3.8) is 0 Å². The summed E-state index contributed by atoms with van der Waals surface area (Å²) in [5.74, 6) is -1.52. The number of nitrogens with zero attached hydrogens (tertiary/aromatic N) is 1. The lowest BCUT2D eigenvalue weighted by molar-refractivity contribution is 0.244. The number of hydrogen-bond donors (Lipinski definition) is 1. The lowest BCUT2D eigenvalue weighted by Gasteiger charge is -2.27. The monoisotopic (exact) mass is 270 g/mol. The summed E-state index contributed by atoms with van der Waals surface area (Å²) in [7, 11) is 1.78. The van der Waals surface area contributed by atoms with Gasteiger partial charge in [-0.15, -0.1) is 0 Å². The van der Waals surface area contributed by atoms with Crippen molar-refractivity contribution < 1.29 is 8.78 Å². The van der Waals surface area contributed by atoms with Gasteiger partial charge in [-0.05, 0) is 39.0 Å². The number of nitrogens with one attached hydrogen (secondary N) is 1. The fourth-order valence-corrected chi connectivity index (χ4v) is 2.32.